The minimum absolute atomic E-state index is 0.411. The molecule has 2 rings (SSSR count). The van der Waals surface area contributed by atoms with Gasteiger partial charge in [0.2, 0.25) is 0 Å². The fourth-order valence-electron chi connectivity index (χ4n) is 2.90. The normalized spacial score (nSPS) is 36.5. The van der Waals surface area contributed by atoms with E-state index in [1.165, 1.54) is 38.9 Å². The van der Waals surface area contributed by atoms with Crippen molar-refractivity contribution in [2.45, 2.75) is 26.2 Å². The average molecular weight is 183 g/mol. The summed E-state index contributed by atoms with van der Waals surface area (Å²) in [6.07, 6.45) is 3.93. The van der Waals surface area contributed by atoms with Crippen molar-refractivity contribution in [2.24, 2.45) is 17.8 Å². The number of hydrogen-bond donors (Lipinski definition) is 1. The maximum Gasteiger partial charge on any atom is 0.0462 e. The predicted octanol–water partition coefficient (Wildman–Crippen LogP) is 1.35. The van der Waals surface area contributed by atoms with Gasteiger partial charge in [-0.3, -0.25) is 0 Å². The zero-order chi connectivity index (χ0) is 9.26. The molecule has 0 aromatic heterocycles. The lowest BCUT2D eigenvalue weighted by Gasteiger charge is -2.39. The Labute approximate surface area is 80.9 Å². The molecule has 1 saturated carbocycles. The summed E-state index contributed by atoms with van der Waals surface area (Å²) in [6.45, 7) is 6.54. The van der Waals surface area contributed by atoms with Gasteiger partial charge < -0.3 is 10.0 Å². The first-order valence-corrected chi connectivity index (χ1v) is 5.63. The van der Waals surface area contributed by atoms with E-state index in [9.17, 15) is 5.11 Å². The van der Waals surface area contributed by atoms with Crippen LogP contribution in [0.3, 0.4) is 0 Å². The van der Waals surface area contributed by atoms with Gasteiger partial charge in [0.15, 0.2) is 0 Å². The molecule has 1 aliphatic carbocycles. The Morgan fingerprint density at radius 1 is 1.23 bits per heavy atom. The monoisotopic (exact) mass is 183 g/mol. The molecule has 0 radical (unpaired) electrons. The first-order chi connectivity index (χ1) is 6.29. The third-order valence-electron chi connectivity index (χ3n) is 3.68. The van der Waals surface area contributed by atoms with Crippen LogP contribution in [0.5, 0.6) is 0 Å². The van der Waals surface area contributed by atoms with E-state index in [1.807, 2.05) is 0 Å². The topological polar surface area (TPSA) is 23.5 Å². The molecule has 13 heavy (non-hydrogen) atoms. The first kappa shape index (κ1) is 9.47. The Hall–Kier alpha value is -0.0800. The fourth-order valence-corrected chi connectivity index (χ4v) is 2.90. The molecule has 2 atom stereocenters. The van der Waals surface area contributed by atoms with Gasteiger partial charge in [-0.2, -0.15) is 0 Å². The van der Waals surface area contributed by atoms with Gasteiger partial charge in [-0.15, -0.1) is 0 Å². The van der Waals surface area contributed by atoms with Crippen molar-refractivity contribution in [3.05, 3.63) is 0 Å². The Morgan fingerprint density at radius 3 is 2.54 bits per heavy atom. The Balaban J connectivity index is 1.74. The van der Waals surface area contributed by atoms with E-state index in [0.29, 0.717) is 12.5 Å². The van der Waals surface area contributed by atoms with Gasteiger partial charge in [0, 0.05) is 26.2 Å². The van der Waals surface area contributed by atoms with Crippen LogP contribution in [0.4, 0.5) is 0 Å². The van der Waals surface area contributed by atoms with Crippen molar-refractivity contribution in [1.29, 1.82) is 0 Å². The Bertz CT molecular complexity index is 165. The molecule has 0 aromatic carbocycles. The third-order valence-corrected chi connectivity index (χ3v) is 3.68. The highest BCUT2D eigenvalue weighted by Gasteiger charge is 2.31. The summed E-state index contributed by atoms with van der Waals surface area (Å²) < 4.78 is 0. The summed E-state index contributed by atoms with van der Waals surface area (Å²) in [5, 5.41) is 9.17. The van der Waals surface area contributed by atoms with Gasteiger partial charge in [-0.25, -0.2) is 0 Å². The van der Waals surface area contributed by atoms with Crippen LogP contribution in [-0.2, 0) is 0 Å². The molecular weight excluding hydrogens is 162 g/mol. The minimum atomic E-state index is 0.411. The third kappa shape index (κ3) is 2.05. The van der Waals surface area contributed by atoms with Crippen molar-refractivity contribution in [3.63, 3.8) is 0 Å². The summed E-state index contributed by atoms with van der Waals surface area (Å²) in [4.78, 5) is 2.54. The molecule has 0 spiro atoms. The largest absolute Gasteiger partial charge is 0.396 e. The standard InChI is InChI=1S/C11H21NO/c1-9-5-12(6-9)7-10-3-2-4-11(10)8-13/h9-11,13H,2-8H2,1H3. The second kappa shape index (κ2) is 3.97. The van der Waals surface area contributed by atoms with Crippen LogP contribution in [-0.4, -0.2) is 36.2 Å². The van der Waals surface area contributed by atoms with Crippen LogP contribution in [0.2, 0.25) is 0 Å². The maximum atomic E-state index is 9.17. The van der Waals surface area contributed by atoms with E-state index in [0.717, 1.165) is 11.8 Å². The van der Waals surface area contributed by atoms with Crippen LogP contribution in [0.15, 0.2) is 0 Å². The summed E-state index contributed by atoms with van der Waals surface area (Å²) in [5.74, 6) is 2.31. The van der Waals surface area contributed by atoms with E-state index in [-0.39, 0.29) is 0 Å². The number of likely N-dealkylation sites (tertiary alicyclic amines) is 1. The van der Waals surface area contributed by atoms with E-state index < -0.39 is 0 Å². The summed E-state index contributed by atoms with van der Waals surface area (Å²) in [5.41, 5.74) is 0. The second-order valence-electron chi connectivity index (χ2n) is 4.96. The molecule has 76 valence electrons. The molecule has 2 unspecified atom stereocenters. The van der Waals surface area contributed by atoms with Crippen molar-refractivity contribution < 1.29 is 5.11 Å². The highest BCUT2D eigenvalue weighted by molar-refractivity contribution is 4.84. The van der Waals surface area contributed by atoms with E-state index in [4.69, 9.17) is 0 Å². The summed E-state index contributed by atoms with van der Waals surface area (Å²) in [7, 11) is 0. The molecule has 2 aliphatic rings. The molecule has 2 fully saturated rings. The van der Waals surface area contributed by atoms with E-state index in [1.54, 1.807) is 0 Å². The molecule has 1 saturated heterocycles. The van der Waals surface area contributed by atoms with Crippen LogP contribution in [0.1, 0.15) is 26.2 Å². The van der Waals surface area contributed by atoms with Crippen LogP contribution in [0.25, 0.3) is 0 Å². The number of hydrogen-bond acceptors (Lipinski definition) is 2. The first-order valence-electron chi connectivity index (χ1n) is 5.63. The van der Waals surface area contributed by atoms with Crippen molar-refractivity contribution >= 4 is 0 Å². The smallest absolute Gasteiger partial charge is 0.0462 e. The second-order valence-corrected chi connectivity index (χ2v) is 4.96. The zero-order valence-electron chi connectivity index (χ0n) is 8.58. The summed E-state index contributed by atoms with van der Waals surface area (Å²) in [6, 6.07) is 0. The van der Waals surface area contributed by atoms with Crippen LogP contribution >= 0.6 is 0 Å². The molecule has 0 amide bonds. The number of rotatable bonds is 3. The van der Waals surface area contributed by atoms with Gasteiger partial charge in [-0.1, -0.05) is 13.3 Å². The van der Waals surface area contributed by atoms with Crippen molar-refractivity contribution in [1.82, 2.24) is 4.90 Å². The van der Waals surface area contributed by atoms with Crippen molar-refractivity contribution in [2.75, 3.05) is 26.2 Å². The fraction of sp³-hybridized carbons (Fsp3) is 1.00. The molecule has 1 N–H and O–H groups in total. The highest BCUT2D eigenvalue weighted by Crippen LogP contribution is 2.33. The number of aliphatic hydroxyl groups excluding tert-OH is 1. The van der Waals surface area contributed by atoms with E-state index >= 15 is 0 Å². The lowest BCUT2D eigenvalue weighted by molar-refractivity contribution is 0.0730. The van der Waals surface area contributed by atoms with E-state index in [2.05, 4.69) is 11.8 Å². The number of nitrogens with zero attached hydrogens (tertiary/aromatic N) is 1. The average Bonchev–Trinajstić information content (AvgIpc) is 2.49. The SMILES string of the molecule is CC1CN(CC2CCCC2CO)C1. The Morgan fingerprint density at radius 2 is 1.92 bits per heavy atom. The van der Waals surface area contributed by atoms with Gasteiger partial charge >= 0.3 is 0 Å². The zero-order valence-corrected chi connectivity index (χ0v) is 8.58. The van der Waals surface area contributed by atoms with Crippen LogP contribution < -0.4 is 0 Å². The highest BCUT2D eigenvalue weighted by atomic mass is 16.3. The minimum Gasteiger partial charge on any atom is -0.396 e. The molecular formula is C11H21NO. The lowest BCUT2D eigenvalue weighted by atomic mass is 9.93. The predicted molar refractivity (Wildman–Crippen MR) is 53.5 cm³/mol. The molecule has 2 heteroatoms. The number of aliphatic hydroxyl groups is 1. The molecule has 0 bridgehead atoms. The van der Waals surface area contributed by atoms with Crippen LogP contribution in [0, 0.1) is 17.8 Å². The van der Waals surface area contributed by atoms with Crippen molar-refractivity contribution in [3.8, 4) is 0 Å². The molecule has 1 heterocycles. The maximum absolute atomic E-state index is 9.17. The van der Waals surface area contributed by atoms with Gasteiger partial charge in [-0.05, 0) is 30.6 Å². The van der Waals surface area contributed by atoms with Gasteiger partial charge in [0.05, 0.1) is 0 Å². The Kier molecular flexibility index (Phi) is 2.89. The summed E-state index contributed by atoms with van der Waals surface area (Å²) >= 11 is 0. The molecule has 1 aliphatic heterocycles. The van der Waals surface area contributed by atoms with Gasteiger partial charge in [0.1, 0.15) is 0 Å². The molecule has 0 aromatic rings. The lowest BCUT2D eigenvalue weighted by Crippen LogP contribution is -2.47. The van der Waals surface area contributed by atoms with Gasteiger partial charge in [0.25, 0.3) is 0 Å². The molecule has 2 nitrogen and oxygen atoms in total. The quantitative estimate of drug-likeness (QED) is 0.714.